The summed E-state index contributed by atoms with van der Waals surface area (Å²) in [6.07, 6.45) is 5.23. The van der Waals surface area contributed by atoms with Crippen molar-refractivity contribution in [3.8, 4) is 11.4 Å². The third-order valence-corrected chi connectivity index (χ3v) is 5.55. The summed E-state index contributed by atoms with van der Waals surface area (Å²) in [5, 5.41) is 15.4. The van der Waals surface area contributed by atoms with E-state index in [1.54, 1.807) is 23.5 Å². The molecule has 0 radical (unpaired) electrons. The normalized spacial score (nSPS) is 13.8. The third-order valence-electron chi connectivity index (χ3n) is 4.82. The predicted molar refractivity (Wildman–Crippen MR) is 104 cm³/mol. The first-order valence-corrected chi connectivity index (χ1v) is 10.2. The number of aryl methyl sites for hydroxylation is 2. The molecule has 1 aliphatic heterocycles. The number of nitrogens with one attached hydrogen (secondary N) is 1. The summed E-state index contributed by atoms with van der Waals surface area (Å²) in [5.74, 6) is 1.01. The SMILES string of the molecule is O=C(CCc1ccsc1)Nc1ccc(F)c(-c2nnc3n2CCCCC3)c1. The number of thiophene rings is 1. The Morgan fingerprint density at radius 2 is 2.15 bits per heavy atom. The molecule has 3 aromatic rings. The lowest BCUT2D eigenvalue weighted by Crippen LogP contribution is -2.12. The van der Waals surface area contributed by atoms with Crippen molar-refractivity contribution in [1.82, 2.24) is 14.8 Å². The van der Waals surface area contributed by atoms with Gasteiger partial charge in [0.1, 0.15) is 11.6 Å². The molecule has 4 rings (SSSR count). The molecule has 7 heteroatoms. The van der Waals surface area contributed by atoms with Gasteiger partial charge in [-0.25, -0.2) is 4.39 Å². The highest BCUT2D eigenvalue weighted by atomic mass is 32.1. The first kappa shape index (κ1) is 17.9. The summed E-state index contributed by atoms with van der Waals surface area (Å²) in [4.78, 5) is 12.2. The monoisotopic (exact) mass is 384 g/mol. The Balaban J connectivity index is 1.52. The van der Waals surface area contributed by atoms with E-state index >= 15 is 0 Å². The first-order valence-electron chi connectivity index (χ1n) is 9.23. The van der Waals surface area contributed by atoms with E-state index in [2.05, 4.69) is 15.5 Å². The van der Waals surface area contributed by atoms with Gasteiger partial charge in [-0.1, -0.05) is 6.42 Å². The lowest BCUT2D eigenvalue weighted by atomic mass is 10.1. The van der Waals surface area contributed by atoms with E-state index in [4.69, 9.17) is 0 Å². The maximum atomic E-state index is 14.5. The molecule has 27 heavy (non-hydrogen) atoms. The summed E-state index contributed by atoms with van der Waals surface area (Å²) in [5.41, 5.74) is 2.11. The van der Waals surface area contributed by atoms with Gasteiger partial charge in [-0.3, -0.25) is 4.79 Å². The zero-order valence-electron chi connectivity index (χ0n) is 14.9. The second kappa shape index (κ2) is 8.00. The molecule has 0 unspecified atom stereocenters. The number of hydrogen-bond donors (Lipinski definition) is 1. The summed E-state index contributed by atoms with van der Waals surface area (Å²) < 4.78 is 16.5. The lowest BCUT2D eigenvalue weighted by molar-refractivity contribution is -0.116. The fraction of sp³-hybridized carbons (Fsp3) is 0.350. The Morgan fingerprint density at radius 3 is 3.00 bits per heavy atom. The molecule has 140 valence electrons. The fourth-order valence-electron chi connectivity index (χ4n) is 3.37. The van der Waals surface area contributed by atoms with Gasteiger partial charge in [0.05, 0.1) is 5.56 Å². The molecular formula is C20H21FN4OS. The van der Waals surface area contributed by atoms with Crippen LogP contribution in [0.2, 0.25) is 0 Å². The van der Waals surface area contributed by atoms with Crippen LogP contribution in [-0.2, 0) is 24.2 Å². The largest absolute Gasteiger partial charge is 0.326 e. The van der Waals surface area contributed by atoms with Crippen LogP contribution in [-0.4, -0.2) is 20.7 Å². The molecule has 1 amide bonds. The first-order chi connectivity index (χ1) is 13.2. The zero-order chi connectivity index (χ0) is 18.6. The molecule has 1 N–H and O–H groups in total. The molecular weight excluding hydrogens is 363 g/mol. The van der Waals surface area contributed by atoms with Gasteiger partial charge in [0.15, 0.2) is 5.82 Å². The lowest BCUT2D eigenvalue weighted by Gasteiger charge is -2.10. The number of carbonyl (C=O) groups is 1. The van der Waals surface area contributed by atoms with Crippen LogP contribution in [0.1, 0.15) is 37.1 Å². The van der Waals surface area contributed by atoms with Crippen LogP contribution in [0.5, 0.6) is 0 Å². The fourth-order valence-corrected chi connectivity index (χ4v) is 4.08. The van der Waals surface area contributed by atoms with Crippen LogP contribution in [0, 0.1) is 5.82 Å². The van der Waals surface area contributed by atoms with Crippen molar-refractivity contribution in [2.45, 2.75) is 45.1 Å². The van der Waals surface area contributed by atoms with Gasteiger partial charge in [0, 0.05) is 25.1 Å². The number of amides is 1. The van der Waals surface area contributed by atoms with Gasteiger partial charge in [0.2, 0.25) is 5.91 Å². The molecule has 1 aliphatic rings. The number of aromatic nitrogens is 3. The number of carbonyl (C=O) groups excluding carboxylic acids is 1. The molecule has 0 fully saturated rings. The number of halogens is 1. The van der Waals surface area contributed by atoms with E-state index in [1.807, 2.05) is 21.4 Å². The van der Waals surface area contributed by atoms with Crippen LogP contribution in [0.15, 0.2) is 35.0 Å². The summed E-state index contributed by atoms with van der Waals surface area (Å²) in [7, 11) is 0. The highest BCUT2D eigenvalue weighted by Crippen LogP contribution is 2.27. The van der Waals surface area contributed by atoms with E-state index in [-0.39, 0.29) is 11.7 Å². The Morgan fingerprint density at radius 1 is 1.22 bits per heavy atom. The van der Waals surface area contributed by atoms with Crippen molar-refractivity contribution >= 4 is 22.9 Å². The third kappa shape index (κ3) is 4.08. The summed E-state index contributed by atoms with van der Waals surface area (Å²) >= 11 is 1.62. The Bertz CT molecular complexity index is 936. The summed E-state index contributed by atoms with van der Waals surface area (Å²) in [6, 6.07) is 6.63. The van der Waals surface area contributed by atoms with Crippen molar-refractivity contribution < 1.29 is 9.18 Å². The van der Waals surface area contributed by atoms with Gasteiger partial charge in [-0.2, -0.15) is 11.3 Å². The minimum absolute atomic E-state index is 0.0844. The smallest absolute Gasteiger partial charge is 0.224 e. The van der Waals surface area contributed by atoms with Crippen LogP contribution >= 0.6 is 11.3 Å². The van der Waals surface area contributed by atoms with E-state index in [0.29, 0.717) is 29.9 Å². The van der Waals surface area contributed by atoms with Crippen molar-refractivity contribution in [3.05, 3.63) is 52.2 Å². The second-order valence-electron chi connectivity index (χ2n) is 6.78. The second-order valence-corrected chi connectivity index (χ2v) is 7.56. The molecule has 0 atom stereocenters. The molecule has 0 spiro atoms. The molecule has 1 aromatic carbocycles. The highest BCUT2D eigenvalue weighted by molar-refractivity contribution is 7.07. The average molecular weight is 384 g/mol. The molecule has 0 aliphatic carbocycles. The highest BCUT2D eigenvalue weighted by Gasteiger charge is 2.19. The van der Waals surface area contributed by atoms with Gasteiger partial charge < -0.3 is 9.88 Å². The standard InChI is InChI=1S/C20H21FN4OS/c21-17-7-6-15(22-19(26)8-5-14-9-11-27-13-14)12-16(17)20-24-23-18-4-2-1-3-10-25(18)20/h6-7,9,11-13H,1-5,8,10H2,(H,22,26). The Hall–Kier alpha value is -2.54. The Kier molecular flexibility index (Phi) is 5.29. The minimum atomic E-state index is -0.356. The maximum absolute atomic E-state index is 14.5. The number of nitrogens with zero attached hydrogens (tertiary/aromatic N) is 3. The molecule has 3 heterocycles. The average Bonchev–Trinajstić information content (AvgIpc) is 3.27. The molecule has 2 aromatic heterocycles. The van der Waals surface area contributed by atoms with E-state index in [9.17, 15) is 9.18 Å². The van der Waals surface area contributed by atoms with E-state index in [0.717, 1.165) is 43.6 Å². The Labute approximate surface area is 161 Å². The maximum Gasteiger partial charge on any atom is 0.224 e. The van der Waals surface area contributed by atoms with Crippen molar-refractivity contribution in [2.24, 2.45) is 0 Å². The van der Waals surface area contributed by atoms with Crippen LogP contribution in [0.25, 0.3) is 11.4 Å². The predicted octanol–water partition coefficient (Wildman–Crippen LogP) is 4.44. The van der Waals surface area contributed by atoms with Crippen LogP contribution in [0.3, 0.4) is 0 Å². The number of anilines is 1. The molecule has 0 saturated heterocycles. The molecule has 0 bridgehead atoms. The van der Waals surface area contributed by atoms with E-state index in [1.165, 1.54) is 6.07 Å². The van der Waals surface area contributed by atoms with Gasteiger partial charge in [-0.05, 0) is 59.9 Å². The number of hydrogen-bond acceptors (Lipinski definition) is 4. The quantitative estimate of drug-likeness (QED) is 0.707. The van der Waals surface area contributed by atoms with Gasteiger partial charge in [0.25, 0.3) is 0 Å². The van der Waals surface area contributed by atoms with Gasteiger partial charge in [-0.15, -0.1) is 10.2 Å². The zero-order valence-corrected chi connectivity index (χ0v) is 15.8. The van der Waals surface area contributed by atoms with Crippen LogP contribution < -0.4 is 5.32 Å². The summed E-state index contributed by atoms with van der Waals surface area (Å²) in [6.45, 7) is 0.800. The number of rotatable bonds is 5. The number of benzene rings is 1. The van der Waals surface area contributed by atoms with Crippen molar-refractivity contribution in [2.75, 3.05) is 5.32 Å². The van der Waals surface area contributed by atoms with Crippen molar-refractivity contribution in [1.29, 1.82) is 0 Å². The van der Waals surface area contributed by atoms with Crippen LogP contribution in [0.4, 0.5) is 10.1 Å². The minimum Gasteiger partial charge on any atom is -0.326 e. The topological polar surface area (TPSA) is 59.8 Å². The number of fused-ring (bicyclic) bond motifs is 1. The van der Waals surface area contributed by atoms with Crippen molar-refractivity contribution in [3.63, 3.8) is 0 Å². The van der Waals surface area contributed by atoms with Gasteiger partial charge >= 0.3 is 0 Å². The molecule has 5 nitrogen and oxygen atoms in total. The molecule has 0 saturated carbocycles. The van der Waals surface area contributed by atoms with E-state index < -0.39 is 0 Å².